The van der Waals surface area contributed by atoms with Crippen LogP contribution in [0, 0.1) is 0 Å². The Morgan fingerprint density at radius 3 is 2.46 bits per heavy atom. The summed E-state index contributed by atoms with van der Waals surface area (Å²) >= 11 is 0. The van der Waals surface area contributed by atoms with Gasteiger partial charge in [0.15, 0.2) is 0 Å². The molecule has 1 aliphatic heterocycles. The molecule has 0 bridgehead atoms. The predicted octanol–water partition coefficient (Wildman–Crippen LogP) is 2.06. The molecule has 0 unspecified atom stereocenters. The minimum Gasteiger partial charge on any atom is -0.341 e. The fourth-order valence-corrected chi connectivity index (χ4v) is 3.30. The Balaban J connectivity index is 1.36. The van der Waals surface area contributed by atoms with E-state index in [0.717, 1.165) is 56.1 Å². The maximum Gasteiger partial charge on any atom is 0.121 e. The second-order valence-corrected chi connectivity index (χ2v) is 6.35. The molecule has 0 radical (unpaired) electrons. The number of imidazole rings is 1. The van der Waals surface area contributed by atoms with E-state index in [1.54, 1.807) is 6.33 Å². The summed E-state index contributed by atoms with van der Waals surface area (Å²) in [6, 6.07) is 8.21. The van der Waals surface area contributed by atoms with Gasteiger partial charge in [0, 0.05) is 37.6 Å². The third-order valence-electron chi connectivity index (χ3n) is 4.51. The summed E-state index contributed by atoms with van der Waals surface area (Å²) in [6.45, 7) is 6.17. The SMILES string of the molecule is c1ccc2[nH]c(CN3CCCN(Cc4cncnc4)CC3)nc2c1. The largest absolute Gasteiger partial charge is 0.341 e. The fourth-order valence-electron chi connectivity index (χ4n) is 3.30. The second-order valence-electron chi connectivity index (χ2n) is 6.35. The van der Waals surface area contributed by atoms with Crippen LogP contribution in [-0.4, -0.2) is 55.9 Å². The number of hydrogen-bond acceptors (Lipinski definition) is 5. The first-order chi connectivity index (χ1) is 11.9. The van der Waals surface area contributed by atoms with Crippen LogP contribution in [0.4, 0.5) is 0 Å². The van der Waals surface area contributed by atoms with E-state index >= 15 is 0 Å². The highest BCUT2D eigenvalue weighted by Gasteiger charge is 2.16. The molecule has 4 rings (SSSR count). The predicted molar refractivity (Wildman–Crippen MR) is 93.3 cm³/mol. The van der Waals surface area contributed by atoms with Crippen molar-refractivity contribution < 1.29 is 0 Å². The van der Waals surface area contributed by atoms with Crippen molar-refractivity contribution in [3.63, 3.8) is 0 Å². The molecule has 3 heterocycles. The lowest BCUT2D eigenvalue weighted by molar-refractivity contribution is 0.244. The van der Waals surface area contributed by atoms with E-state index in [-0.39, 0.29) is 0 Å². The molecule has 0 saturated carbocycles. The van der Waals surface area contributed by atoms with Crippen molar-refractivity contribution in [1.82, 2.24) is 29.7 Å². The average molecular weight is 322 g/mol. The summed E-state index contributed by atoms with van der Waals surface area (Å²) < 4.78 is 0. The van der Waals surface area contributed by atoms with Gasteiger partial charge in [0.1, 0.15) is 12.2 Å². The van der Waals surface area contributed by atoms with Crippen molar-refractivity contribution in [2.75, 3.05) is 26.2 Å². The summed E-state index contributed by atoms with van der Waals surface area (Å²) in [5.74, 6) is 1.06. The molecule has 6 heteroatoms. The van der Waals surface area contributed by atoms with E-state index in [2.05, 4.69) is 36.9 Å². The van der Waals surface area contributed by atoms with Crippen molar-refractivity contribution >= 4 is 11.0 Å². The molecule has 0 spiro atoms. The van der Waals surface area contributed by atoms with E-state index in [1.807, 2.05) is 24.5 Å². The number of aromatic nitrogens is 4. The molecule has 1 saturated heterocycles. The zero-order valence-corrected chi connectivity index (χ0v) is 13.7. The Bertz CT molecular complexity index is 751. The molecule has 1 aliphatic rings. The number of hydrogen-bond donors (Lipinski definition) is 1. The molecule has 0 aliphatic carbocycles. The van der Waals surface area contributed by atoms with Crippen LogP contribution in [0.3, 0.4) is 0 Å². The molecular weight excluding hydrogens is 300 g/mol. The third-order valence-corrected chi connectivity index (χ3v) is 4.51. The lowest BCUT2D eigenvalue weighted by Gasteiger charge is -2.21. The van der Waals surface area contributed by atoms with Crippen molar-refractivity contribution in [3.8, 4) is 0 Å². The second kappa shape index (κ2) is 7.07. The van der Waals surface area contributed by atoms with Gasteiger partial charge in [-0.2, -0.15) is 0 Å². The molecule has 1 aromatic carbocycles. The van der Waals surface area contributed by atoms with Gasteiger partial charge in [0.05, 0.1) is 17.6 Å². The van der Waals surface area contributed by atoms with Crippen LogP contribution in [0.5, 0.6) is 0 Å². The van der Waals surface area contributed by atoms with E-state index in [4.69, 9.17) is 4.98 Å². The summed E-state index contributed by atoms with van der Waals surface area (Å²) in [5, 5.41) is 0. The highest BCUT2D eigenvalue weighted by atomic mass is 15.2. The first kappa shape index (κ1) is 15.2. The number of nitrogens with zero attached hydrogens (tertiary/aromatic N) is 5. The number of para-hydroxylation sites is 2. The number of nitrogens with one attached hydrogen (secondary N) is 1. The van der Waals surface area contributed by atoms with E-state index in [9.17, 15) is 0 Å². The van der Waals surface area contributed by atoms with Crippen LogP contribution < -0.4 is 0 Å². The third kappa shape index (κ3) is 3.60. The quantitative estimate of drug-likeness (QED) is 0.797. The monoisotopic (exact) mass is 322 g/mol. The van der Waals surface area contributed by atoms with E-state index in [1.165, 1.54) is 12.0 Å². The van der Waals surface area contributed by atoms with Crippen molar-refractivity contribution in [3.05, 3.63) is 54.4 Å². The van der Waals surface area contributed by atoms with Crippen molar-refractivity contribution in [2.24, 2.45) is 0 Å². The van der Waals surface area contributed by atoms with Gasteiger partial charge >= 0.3 is 0 Å². The minimum absolute atomic E-state index is 0.886. The summed E-state index contributed by atoms with van der Waals surface area (Å²) in [4.78, 5) is 21.3. The Morgan fingerprint density at radius 1 is 0.917 bits per heavy atom. The summed E-state index contributed by atoms with van der Waals surface area (Å²) in [6.07, 6.45) is 6.57. The highest BCUT2D eigenvalue weighted by molar-refractivity contribution is 5.74. The van der Waals surface area contributed by atoms with Crippen molar-refractivity contribution in [1.29, 1.82) is 0 Å². The average Bonchev–Trinajstić information content (AvgIpc) is 2.89. The van der Waals surface area contributed by atoms with Gasteiger partial charge in [0.25, 0.3) is 0 Å². The van der Waals surface area contributed by atoms with Gasteiger partial charge in [-0.1, -0.05) is 12.1 Å². The van der Waals surface area contributed by atoms with Crippen molar-refractivity contribution in [2.45, 2.75) is 19.5 Å². The number of H-pyrrole nitrogens is 1. The number of fused-ring (bicyclic) bond motifs is 1. The van der Waals surface area contributed by atoms with Crippen LogP contribution in [-0.2, 0) is 13.1 Å². The lowest BCUT2D eigenvalue weighted by Crippen LogP contribution is -2.30. The molecular formula is C18H22N6. The summed E-state index contributed by atoms with van der Waals surface area (Å²) in [5.41, 5.74) is 3.35. The Morgan fingerprint density at radius 2 is 1.67 bits per heavy atom. The van der Waals surface area contributed by atoms with Crippen LogP contribution >= 0.6 is 0 Å². The van der Waals surface area contributed by atoms with Gasteiger partial charge in [-0.3, -0.25) is 9.80 Å². The maximum atomic E-state index is 4.70. The molecule has 0 amide bonds. The Labute approximate surface area is 141 Å². The Kier molecular flexibility index (Phi) is 4.49. The molecule has 1 fully saturated rings. The van der Waals surface area contributed by atoms with Gasteiger partial charge in [0.2, 0.25) is 0 Å². The first-order valence-electron chi connectivity index (χ1n) is 8.49. The molecule has 3 aromatic rings. The first-order valence-corrected chi connectivity index (χ1v) is 8.49. The molecule has 24 heavy (non-hydrogen) atoms. The van der Waals surface area contributed by atoms with Crippen LogP contribution in [0.15, 0.2) is 43.0 Å². The molecule has 0 atom stereocenters. The smallest absolute Gasteiger partial charge is 0.121 e. The van der Waals surface area contributed by atoms with Gasteiger partial charge in [-0.15, -0.1) is 0 Å². The number of aromatic amines is 1. The fraction of sp³-hybridized carbons (Fsp3) is 0.389. The van der Waals surface area contributed by atoms with Crippen LogP contribution in [0.2, 0.25) is 0 Å². The Hall–Kier alpha value is -2.31. The molecule has 2 aromatic heterocycles. The van der Waals surface area contributed by atoms with Gasteiger partial charge in [-0.05, 0) is 31.6 Å². The zero-order valence-electron chi connectivity index (χ0n) is 13.7. The topological polar surface area (TPSA) is 60.9 Å². The number of benzene rings is 1. The maximum absolute atomic E-state index is 4.70. The highest BCUT2D eigenvalue weighted by Crippen LogP contribution is 2.13. The minimum atomic E-state index is 0.886. The van der Waals surface area contributed by atoms with Gasteiger partial charge in [-0.25, -0.2) is 15.0 Å². The van der Waals surface area contributed by atoms with Crippen LogP contribution in [0.1, 0.15) is 17.8 Å². The normalized spacial score (nSPS) is 17.2. The standard InChI is InChI=1S/C18H22N6/c1-2-5-17-16(4-1)21-18(22-17)13-24-7-3-6-23(8-9-24)12-15-10-19-14-20-11-15/h1-2,4-5,10-11,14H,3,6-9,12-13H2,(H,21,22). The van der Waals surface area contributed by atoms with Gasteiger partial charge < -0.3 is 4.98 Å². The zero-order chi connectivity index (χ0) is 16.2. The van der Waals surface area contributed by atoms with E-state index in [0.29, 0.717) is 0 Å². The molecule has 124 valence electrons. The summed E-state index contributed by atoms with van der Waals surface area (Å²) in [7, 11) is 0. The molecule has 6 nitrogen and oxygen atoms in total. The molecule has 1 N–H and O–H groups in total. The van der Waals surface area contributed by atoms with E-state index < -0.39 is 0 Å². The lowest BCUT2D eigenvalue weighted by atomic mass is 10.3. The van der Waals surface area contributed by atoms with Crippen LogP contribution in [0.25, 0.3) is 11.0 Å². The number of rotatable bonds is 4.